The van der Waals surface area contributed by atoms with Crippen LogP contribution in [0.2, 0.25) is 10.0 Å². The van der Waals surface area contributed by atoms with E-state index in [1.54, 1.807) is 7.11 Å². The molecule has 2 heterocycles. The third-order valence-electron chi connectivity index (χ3n) is 6.49. The van der Waals surface area contributed by atoms with E-state index < -0.39 is 0 Å². The lowest BCUT2D eigenvalue weighted by Crippen LogP contribution is -2.46. The minimum absolute atomic E-state index is 0.0365. The van der Waals surface area contributed by atoms with Crippen molar-refractivity contribution in [2.75, 3.05) is 51.3 Å². The highest BCUT2D eigenvalue weighted by Gasteiger charge is 2.19. The summed E-state index contributed by atoms with van der Waals surface area (Å²) in [6.07, 6.45) is 1.99. The van der Waals surface area contributed by atoms with Gasteiger partial charge in [-0.15, -0.1) is 0 Å². The number of aromatic nitrogens is 1. The van der Waals surface area contributed by atoms with E-state index in [4.69, 9.17) is 27.9 Å². The molecule has 2 N–H and O–H groups in total. The van der Waals surface area contributed by atoms with E-state index in [9.17, 15) is 4.79 Å². The summed E-state index contributed by atoms with van der Waals surface area (Å²) >= 11 is 12.5. The number of rotatable bonds is 9. The fraction of sp³-hybridized carbons (Fsp3) is 0.370. The Morgan fingerprint density at radius 2 is 1.80 bits per heavy atom. The molecule has 4 rings (SSSR count). The number of aromatic amines is 1. The van der Waals surface area contributed by atoms with Crippen LogP contribution in [0.5, 0.6) is 5.75 Å². The lowest BCUT2D eigenvalue weighted by atomic mass is 10.1. The average Bonchev–Trinajstić information content (AvgIpc) is 3.27. The number of nitrogens with one attached hydrogen (secondary N) is 2. The maximum atomic E-state index is 12.7. The summed E-state index contributed by atoms with van der Waals surface area (Å²) in [5, 5.41) is 4.30. The lowest BCUT2D eigenvalue weighted by Gasteiger charge is -2.36. The molecule has 2 aromatic carbocycles. The number of halogens is 2. The molecule has 3 aromatic rings. The van der Waals surface area contributed by atoms with Gasteiger partial charge in [0.1, 0.15) is 5.75 Å². The number of H-pyrrole nitrogens is 1. The highest BCUT2D eigenvalue weighted by atomic mass is 35.5. The van der Waals surface area contributed by atoms with Crippen LogP contribution in [0, 0.1) is 6.92 Å². The first-order valence-electron chi connectivity index (χ1n) is 12.0. The first kappa shape index (κ1) is 25.4. The smallest absolute Gasteiger partial charge is 0.253 e. The molecule has 0 aliphatic carbocycles. The average molecular weight is 515 g/mol. The SMILES string of the molecule is COc1ccc(-c2cc(C(=O)NCCCCN3CCN(c4cccc(Cl)c4Cl)CC3)c(C)[nH]2)cc1. The first-order valence-corrected chi connectivity index (χ1v) is 12.8. The van der Waals surface area contributed by atoms with Crippen molar-refractivity contribution >= 4 is 34.8 Å². The van der Waals surface area contributed by atoms with Crippen LogP contribution in [0.25, 0.3) is 11.3 Å². The van der Waals surface area contributed by atoms with E-state index >= 15 is 0 Å². The van der Waals surface area contributed by atoms with Gasteiger partial charge in [-0.25, -0.2) is 0 Å². The molecule has 1 saturated heterocycles. The second-order valence-corrected chi connectivity index (χ2v) is 9.60. The second-order valence-electron chi connectivity index (χ2n) is 8.81. The number of carbonyl (C=O) groups excluding carboxylic acids is 1. The first-order chi connectivity index (χ1) is 17.0. The number of carbonyl (C=O) groups is 1. The zero-order valence-corrected chi connectivity index (χ0v) is 21.8. The van der Waals surface area contributed by atoms with E-state index in [2.05, 4.69) is 20.1 Å². The van der Waals surface area contributed by atoms with Crippen molar-refractivity contribution in [2.24, 2.45) is 0 Å². The van der Waals surface area contributed by atoms with E-state index in [0.717, 1.165) is 74.0 Å². The maximum Gasteiger partial charge on any atom is 0.253 e. The maximum absolute atomic E-state index is 12.7. The summed E-state index contributed by atoms with van der Waals surface area (Å²) in [7, 11) is 1.65. The van der Waals surface area contributed by atoms with Crippen molar-refractivity contribution in [2.45, 2.75) is 19.8 Å². The summed E-state index contributed by atoms with van der Waals surface area (Å²) in [4.78, 5) is 20.8. The monoisotopic (exact) mass is 514 g/mol. The normalized spacial score (nSPS) is 14.2. The zero-order chi connectivity index (χ0) is 24.8. The van der Waals surface area contributed by atoms with Crippen LogP contribution >= 0.6 is 23.2 Å². The van der Waals surface area contributed by atoms with Gasteiger partial charge in [-0.1, -0.05) is 29.3 Å². The van der Waals surface area contributed by atoms with Crippen molar-refractivity contribution in [1.29, 1.82) is 0 Å². The van der Waals surface area contributed by atoms with Crippen molar-refractivity contribution in [3.8, 4) is 17.0 Å². The predicted molar refractivity (Wildman–Crippen MR) is 144 cm³/mol. The molecule has 8 heteroatoms. The molecule has 6 nitrogen and oxygen atoms in total. The van der Waals surface area contributed by atoms with Crippen LogP contribution in [0.15, 0.2) is 48.5 Å². The lowest BCUT2D eigenvalue weighted by molar-refractivity contribution is 0.0952. The second kappa shape index (κ2) is 11.8. The van der Waals surface area contributed by atoms with Crippen molar-refractivity contribution in [3.63, 3.8) is 0 Å². The van der Waals surface area contributed by atoms with Gasteiger partial charge in [-0.3, -0.25) is 9.69 Å². The van der Waals surface area contributed by atoms with E-state index in [0.29, 0.717) is 22.2 Å². The Morgan fingerprint density at radius 1 is 1.06 bits per heavy atom. The van der Waals surface area contributed by atoms with Crippen LogP contribution in [0.3, 0.4) is 0 Å². The van der Waals surface area contributed by atoms with Crippen LogP contribution in [0.1, 0.15) is 28.9 Å². The largest absolute Gasteiger partial charge is 0.497 e. The molecule has 1 aliphatic rings. The minimum Gasteiger partial charge on any atom is -0.497 e. The molecular weight excluding hydrogens is 483 g/mol. The number of aryl methyl sites for hydroxylation is 1. The van der Waals surface area contributed by atoms with Gasteiger partial charge in [0, 0.05) is 44.1 Å². The summed E-state index contributed by atoms with van der Waals surface area (Å²) in [6.45, 7) is 7.47. The van der Waals surface area contributed by atoms with E-state index in [-0.39, 0.29) is 5.91 Å². The summed E-state index contributed by atoms with van der Waals surface area (Å²) in [6, 6.07) is 15.5. The van der Waals surface area contributed by atoms with Crippen LogP contribution in [0.4, 0.5) is 5.69 Å². The number of ether oxygens (including phenoxy) is 1. The highest BCUT2D eigenvalue weighted by Crippen LogP contribution is 2.33. The van der Waals surface area contributed by atoms with Crippen LogP contribution in [-0.4, -0.2) is 62.2 Å². The number of amides is 1. The number of methoxy groups -OCH3 is 1. The summed E-state index contributed by atoms with van der Waals surface area (Å²) in [5.74, 6) is 0.771. The van der Waals surface area contributed by atoms with Crippen molar-refractivity contribution in [1.82, 2.24) is 15.2 Å². The molecule has 0 atom stereocenters. The molecule has 0 spiro atoms. The predicted octanol–water partition coefficient (Wildman–Crippen LogP) is 5.64. The molecule has 35 heavy (non-hydrogen) atoms. The van der Waals surface area contributed by atoms with Gasteiger partial charge in [0.2, 0.25) is 0 Å². The summed E-state index contributed by atoms with van der Waals surface area (Å²) in [5.41, 5.74) is 4.51. The molecule has 1 aliphatic heterocycles. The van der Waals surface area contributed by atoms with Gasteiger partial charge in [0.25, 0.3) is 5.91 Å². The van der Waals surface area contributed by atoms with E-state index in [1.165, 1.54) is 0 Å². The van der Waals surface area contributed by atoms with Gasteiger partial charge in [-0.05, 0) is 74.3 Å². The third kappa shape index (κ3) is 6.31. The Kier molecular flexibility index (Phi) is 8.60. The molecule has 0 bridgehead atoms. The van der Waals surface area contributed by atoms with Gasteiger partial charge in [0.15, 0.2) is 0 Å². The van der Waals surface area contributed by atoms with Gasteiger partial charge in [0.05, 0.1) is 28.4 Å². The quantitative estimate of drug-likeness (QED) is 0.363. The standard InChI is InChI=1S/C27H32Cl2N4O2/c1-19-22(18-24(31-19)20-8-10-21(35-2)11-9-20)27(34)30-12-3-4-13-32-14-16-33(17-15-32)25-7-5-6-23(28)26(25)29/h5-11,18,31H,3-4,12-17H2,1-2H3,(H,30,34). The fourth-order valence-corrected chi connectivity index (χ4v) is 4.84. The van der Waals surface area contributed by atoms with Crippen LogP contribution in [-0.2, 0) is 0 Å². The van der Waals surface area contributed by atoms with Gasteiger partial charge < -0.3 is 19.9 Å². The number of hydrogen-bond acceptors (Lipinski definition) is 4. The Hall–Kier alpha value is -2.67. The molecule has 0 saturated carbocycles. The van der Waals surface area contributed by atoms with Gasteiger partial charge in [-0.2, -0.15) is 0 Å². The van der Waals surface area contributed by atoms with Crippen molar-refractivity contribution in [3.05, 3.63) is 69.8 Å². The molecule has 1 amide bonds. The Bertz CT molecular complexity index is 1140. The van der Waals surface area contributed by atoms with Crippen molar-refractivity contribution < 1.29 is 9.53 Å². The molecule has 186 valence electrons. The number of nitrogens with zero attached hydrogens (tertiary/aromatic N) is 2. The molecular formula is C27H32Cl2N4O2. The molecule has 0 unspecified atom stereocenters. The van der Waals surface area contributed by atoms with Crippen LogP contribution < -0.4 is 15.0 Å². The number of anilines is 1. The zero-order valence-electron chi connectivity index (χ0n) is 20.2. The summed E-state index contributed by atoms with van der Waals surface area (Å²) < 4.78 is 5.22. The number of hydrogen-bond donors (Lipinski definition) is 2. The molecule has 1 aromatic heterocycles. The highest BCUT2D eigenvalue weighted by molar-refractivity contribution is 6.43. The van der Waals surface area contributed by atoms with Gasteiger partial charge >= 0.3 is 0 Å². The number of piperazine rings is 1. The molecule has 1 fully saturated rings. The number of benzene rings is 2. The topological polar surface area (TPSA) is 60.6 Å². The Balaban J connectivity index is 1.18. The fourth-order valence-electron chi connectivity index (χ4n) is 4.43. The molecule has 0 radical (unpaired) electrons. The van der Waals surface area contributed by atoms with E-state index in [1.807, 2.05) is 55.5 Å². The number of unbranched alkanes of at least 4 members (excludes halogenated alkanes) is 1. The minimum atomic E-state index is -0.0365. The Labute approximate surface area is 217 Å². The Morgan fingerprint density at radius 3 is 2.51 bits per heavy atom. The third-order valence-corrected chi connectivity index (χ3v) is 7.30.